The summed E-state index contributed by atoms with van der Waals surface area (Å²) in [6.45, 7) is 2.86. The number of fused-ring (bicyclic) bond motifs is 2. The van der Waals surface area contributed by atoms with Gasteiger partial charge in [-0.25, -0.2) is 0 Å². The monoisotopic (exact) mass is 567 g/mol. The van der Waals surface area contributed by atoms with E-state index >= 15 is 0 Å². The Kier molecular flexibility index (Phi) is 7.85. The highest BCUT2D eigenvalue weighted by atomic mass is 79.9. The molecule has 0 bridgehead atoms. The molecule has 0 spiro atoms. The number of halogens is 1. The summed E-state index contributed by atoms with van der Waals surface area (Å²) in [5.41, 5.74) is 3.31. The van der Waals surface area contributed by atoms with E-state index in [4.69, 9.17) is 4.74 Å². The van der Waals surface area contributed by atoms with E-state index in [1.165, 1.54) is 0 Å². The van der Waals surface area contributed by atoms with Gasteiger partial charge in [-0.3, -0.25) is 0 Å². The maximum atomic E-state index is 13.3. The largest absolute Gasteiger partial charge is 0.482 e. The van der Waals surface area contributed by atoms with E-state index in [2.05, 4.69) is 139 Å². The molecule has 0 amide bonds. The highest BCUT2D eigenvalue weighted by molar-refractivity contribution is 9.09. The van der Waals surface area contributed by atoms with Gasteiger partial charge in [-0.1, -0.05) is 97.1 Å². The van der Waals surface area contributed by atoms with Crippen molar-refractivity contribution in [3.63, 3.8) is 0 Å². The molecule has 0 saturated carbocycles. The molecule has 2 unspecified atom stereocenters. The normalized spacial score (nSPS) is 14.1. The highest BCUT2D eigenvalue weighted by Gasteiger charge is 2.44. The average molecular weight is 569 g/mol. The molecule has 0 heterocycles. The molecule has 0 radical (unpaired) electrons. The van der Waals surface area contributed by atoms with Crippen LogP contribution in [0.1, 0.15) is 34.6 Å². The SMILES string of the molecule is Cc1ccccc1C(c1c(OCBr)ccc2ccccc12)C(O)(CCN(C)C)c1cccc2ccccc12. The molecular weight excluding hydrogens is 534 g/mol. The Balaban J connectivity index is 1.91. The van der Waals surface area contributed by atoms with Crippen molar-refractivity contribution in [3.8, 4) is 5.75 Å². The maximum Gasteiger partial charge on any atom is 0.143 e. The lowest BCUT2D eigenvalue weighted by Crippen LogP contribution is -2.38. The summed E-state index contributed by atoms with van der Waals surface area (Å²) in [5.74, 6) is 0.395. The molecular formula is C34H34BrNO2. The van der Waals surface area contributed by atoms with Crippen molar-refractivity contribution in [1.82, 2.24) is 4.90 Å². The number of nitrogens with zero attached hydrogens (tertiary/aromatic N) is 1. The molecule has 2 atom stereocenters. The summed E-state index contributed by atoms with van der Waals surface area (Å²) in [5, 5.41) is 17.7. The third-order valence-corrected chi connectivity index (χ3v) is 7.83. The summed E-state index contributed by atoms with van der Waals surface area (Å²) < 4.78 is 6.23. The van der Waals surface area contributed by atoms with Crippen molar-refractivity contribution in [1.29, 1.82) is 0 Å². The van der Waals surface area contributed by atoms with Crippen molar-refractivity contribution >= 4 is 37.5 Å². The molecule has 0 fully saturated rings. The minimum Gasteiger partial charge on any atom is -0.482 e. The van der Waals surface area contributed by atoms with E-state index in [0.29, 0.717) is 11.9 Å². The fourth-order valence-electron chi connectivity index (χ4n) is 5.75. The predicted molar refractivity (Wildman–Crippen MR) is 162 cm³/mol. The summed E-state index contributed by atoms with van der Waals surface area (Å²) in [4.78, 5) is 2.14. The van der Waals surface area contributed by atoms with Gasteiger partial charge in [-0.05, 0) is 87.7 Å². The van der Waals surface area contributed by atoms with E-state index in [1.807, 2.05) is 6.07 Å². The maximum absolute atomic E-state index is 13.3. The Labute approximate surface area is 233 Å². The third-order valence-electron chi connectivity index (χ3n) is 7.60. The van der Waals surface area contributed by atoms with Gasteiger partial charge in [-0.15, -0.1) is 0 Å². The molecule has 0 aliphatic rings. The van der Waals surface area contributed by atoms with Crippen molar-refractivity contribution in [3.05, 3.63) is 125 Å². The zero-order valence-electron chi connectivity index (χ0n) is 22.2. The highest BCUT2D eigenvalue weighted by Crippen LogP contribution is 2.51. The van der Waals surface area contributed by atoms with E-state index < -0.39 is 5.60 Å². The number of hydrogen-bond donors (Lipinski definition) is 1. The topological polar surface area (TPSA) is 32.7 Å². The fourth-order valence-corrected chi connectivity index (χ4v) is 6.00. The summed E-state index contributed by atoms with van der Waals surface area (Å²) >= 11 is 3.49. The van der Waals surface area contributed by atoms with Crippen molar-refractivity contribution in [2.24, 2.45) is 0 Å². The van der Waals surface area contributed by atoms with Crippen LogP contribution in [0, 0.1) is 6.92 Å². The van der Waals surface area contributed by atoms with Gasteiger partial charge in [0, 0.05) is 18.0 Å². The molecule has 1 N–H and O–H groups in total. The molecule has 5 aromatic rings. The van der Waals surface area contributed by atoms with Crippen LogP contribution in [0.15, 0.2) is 103 Å². The van der Waals surface area contributed by atoms with Gasteiger partial charge in [0.25, 0.3) is 0 Å². The van der Waals surface area contributed by atoms with Gasteiger partial charge in [0.1, 0.15) is 16.9 Å². The molecule has 0 aliphatic heterocycles. The van der Waals surface area contributed by atoms with Crippen LogP contribution in [0.25, 0.3) is 21.5 Å². The zero-order valence-corrected chi connectivity index (χ0v) is 23.8. The standard InChI is InChI=1S/C34H34BrNO2/c1-24-11-4-7-15-27(24)33(32-29-17-9-6-13-26(29)19-20-31(32)38-23-35)34(37,21-22-36(2)3)30-18-10-14-25-12-5-8-16-28(25)30/h4-20,33,37H,21-23H2,1-3H3. The first-order valence-corrected chi connectivity index (χ1v) is 14.2. The molecule has 0 saturated heterocycles. The zero-order chi connectivity index (χ0) is 26.7. The number of aryl methyl sites for hydroxylation is 1. The smallest absolute Gasteiger partial charge is 0.143 e. The van der Waals surface area contributed by atoms with Gasteiger partial charge in [0.2, 0.25) is 0 Å². The number of ether oxygens (including phenoxy) is 1. The Morgan fingerprint density at radius 1 is 0.789 bits per heavy atom. The molecule has 5 aromatic carbocycles. The lowest BCUT2D eigenvalue weighted by Gasteiger charge is -2.40. The minimum atomic E-state index is -1.23. The summed E-state index contributed by atoms with van der Waals surface area (Å²) in [6, 6.07) is 35.6. The predicted octanol–water partition coefficient (Wildman–Crippen LogP) is 8.00. The Hall–Kier alpha value is -3.18. The second-order valence-corrected chi connectivity index (χ2v) is 10.7. The number of hydrogen-bond acceptors (Lipinski definition) is 3. The lowest BCUT2D eigenvalue weighted by atomic mass is 9.68. The average Bonchev–Trinajstić information content (AvgIpc) is 2.93. The molecule has 3 nitrogen and oxygen atoms in total. The molecule has 194 valence electrons. The van der Waals surface area contributed by atoms with Gasteiger partial charge in [0.05, 0.1) is 0 Å². The van der Waals surface area contributed by atoms with E-state index in [-0.39, 0.29) is 5.92 Å². The number of rotatable bonds is 9. The van der Waals surface area contributed by atoms with Crippen molar-refractivity contribution < 1.29 is 9.84 Å². The van der Waals surface area contributed by atoms with Crippen LogP contribution in [0.2, 0.25) is 0 Å². The summed E-state index contributed by atoms with van der Waals surface area (Å²) in [7, 11) is 4.12. The van der Waals surface area contributed by atoms with Crippen LogP contribution >= 0.6 is 15.9 Å². The van der Waals surface area contributed by atoms with E-state index in [9.17, 15) is 5.11 Å². The van der Waals surface area contributed by atoms with Crippen LogP contribution in [-0.2, 0) is 5.60 Å². The van der Waals surface area contributed by atoms with Crippen LogP contribution in [0.5, 0.6) is 5.75 Å². The van der Waals surface area contributed by atoms with E-state index in [1.54, 1.807) is 0 Å². The molecule has 4 heteroatoms. The lowest BCUT2D eigenvalue weighted by molar-refractivity contribution is 0.00550. The summed E-state index contributed by atoms with van der Waals surface area (Å²) in [6.07, 6.45) is 0.546. The fraction of sp³-hybridized carbons (Fsp3) is 0.235. The van der Waals surface area contributed by atoms with E-state index in [0.717, 1.165) is 56.1 Å². The molecule has 5 rings (SSSR count). The molecule has 38 heavy (non-hydrogen) atoms. The van der Waals surface area contributed by atoms with Crippen LogP contribution < -0.4 is 4.74 Å². The number of aliphatic hydroxyl groups is 1. The quantitative estimate of drug-likeness (QED) is 0.183. The Morgan fingerprint density at radius 2 is 1.42 bits per heavy atom. The second-order valence-electron chi connectivity index (χ2n) is 10.2. The molecule has 0 aromatic heterocycles. The minimum absolute atomic E-state index is 0.364. The first-order valence-electron chi connectivity index (χ1n) is 13.1. The van der Waals surface area contributed by atoms with Crippen LogP contribution in [0.4, 0.5) is 0 Å². The number of alkyl halides is 1. The Morgan fingerprint density at radius 3 is 2.13 bits per heavy atom. The van der Waals surface area contributed by atoms with Gasteiger partial charge in [0.15, 0.2) is 0 Å². The number of benzene rings is 5. The van der Waals surface area contributed by atoms with Gasteiger partial charge < -0.3 is 14.7 Å². The van der Waals surface area contributed by atoms with Gasteiger partial charge >= 0.3 is 0 Å². The van der Waals surface area contributed by atoms with Crippen molar-refractivity contribution in [2.45, 2.75) is 24.9 Å². The first kappa shape index (κ1) is 26.4. The van der Waals surface area contributed by atoms with Crippen LogP contribution in [-0.4, -0.2) is 36.2 Å². The second kappa shape index (κ2) is 11.3. The van der Waals surface area contributed by atoms with Gasteiger partial charge in [-0.2, -0.15) is 0 Å². The van der Waals surface area contributed by atoms with Crippen LogP contribution in [0.3, 0.4) is 0 Å². The van der Waals surface area contributed by atoms with Crippen molar-refractivity contribution in [2.75, 3.05) is 26.2 Å². The Bertz CT molecular complexity index is 1560. The molecule has 0 aliphatic carbocycles. The third kappa shape index (κ3) is 4.96. The first-order chi connectivity index (χ1) is 18.4.